The number of ether oxygens (including phenoxy) is 2. The molecule has 0 radical (unpaired) electrons. The molecule has 1 saturated heterocycles. The number of amides is 2. The van der Waals surface area contributed by atoms with Crippen molar-refractivity contribution in [2.75, 3.05) is 60.6 Å². The second-order valence-electron chi connectivity index (χ2n) is 7.73. The number of carbonyl (C=O) groups excluding carboxylic acids is 1. The molecule has 2 amide bonds. The molecular formula is C20H34N4O3. The fourth-order valence-corrected chi connectivity index (χ4v) is 3.25. The summed E-state index contributed by atoms with van der Waals surface area (Å²) in [6.45, 7) is 8.73. The van der Waals surface area contributed by atoms with Crippen LogP contribution in [-0.4, -0.2) is 82.0 Å². The van der Waals surface area contributed by atoms with Crippen LogP contribution in [0, 0.1) is 0 Å². The molecule has 0 aromatic heterocycles. The monoisotopic (exact) mass is 378 g/mol. The van der Waals surface area contributed by atoms with E-state index in [0.29, 0.717) is 13.1 Å². The summed E-state index contributed by atoms with van der Waals surface area (Å²) < 4.78 is 10.6. The van der Waals surface area contributed by atoms with Gasteiger partial charge in [-0.15, -0.1) is 0 Å². The van der Waals surface area contributed by atoms with Gasteiger partial charge in [0.2, 0.25) is 0 Å². The quantitative estimate of drug-likeness (QED) is 0.721. The molecule has 1 unspecified atom stereocenters. The molecular weight excluding hydrogens is 344 g/mol. The Balaban J connectivity index is 1.84. The molecule has 7 heteroatoms. The second-order valence-corrected chi connectivity index (χ2v) is 7.73. The molecule has 1 aromatic carbocycles. The summed E-state index contributed by atoms with van der Waals surface area (Å²) in [6, 6.07) is 7.90. The van der Waals surface area contributed by atoms with Crippen LogP contribution in [0.25, 0.3) is 0 Å². The van der Waals surface area contributed by atoms with Crippen LogP contribution in [-0.2, 0) is 4.74 Å². The number of carbonyl (C=O) groups is 1. The van der Waals surface area contributed by atoms with Gasteiger partial charge in [-0.3, -0.25) is 4.90 Å². The van der Waals surface area contributed by atoms with E-state index in [1.165, 1.54) is 0 Å². The van der Waals surface area contributed by atoms with Crippen molar-refractivity contribution >= 4 is 6.03 Å². The Labute approximate surface area is 163 Å². The molecule has 0 aliphatic carbocycles. The third-order valence-corrected chi connectivity index (χ3v) is 5.13. The number of morpholine rings is 1. The normalized spacial score (nSPS) is 16.8. The molecule has 0 spiro atoms. The van der Waals surface area contributed by atoms with Crippen molar-refractivity contribution < 1.29 is 14.3 Å². The average Bonchev–Trinajstić information content (AvgIpc) is 2.67. The minimum absolute atomic E-state index is 0.0916. The zero-order chi connectivity index (χ0) is 19.9. The van der Waals surface area contributed by atoms with Crippen LogP contribution >= 0.6 is 0 Å². The third-order valence-electron chi connectivity index (χ3n) is 5.13. The molecule has 1 atom stereocenters. The van der Waals surface area contributed by atoms with E-state index in [-0.39, 0.29) is 17.6 Å². The van der Waals surface area contributed by atoms with E-state index in [1.807, 2.05) is 38.4 Å². The molecule has 0 saturated carbocycles. The zero-order valence-corrected chi connectivity index (χ0v) is 17.2. The Kier molecular flexibility index (Phi) is 7.89. The topological polar surface area (TPSA) is 66.1 Å². The van der Waals surface area contributed by atoms with Crippen LogP contribution in [0.15, 0.2) is 24.3 Å². The number of nitrogens with one attached hydrogen (secondary N) is 2. The molecule has 1 aliphatic rings. The van der Waals surface area contributed by atoms with Gasteiger partial charge in [0.05, 0.1) is 26.4 Å². The van der Waals surface area contributed by atoms with Gasteiger partial charge in [-0.2, -0.15) is 0 Å². The highest BCUT2D eigenvalue weighted by molar-refractivity contribution is 5.74. The van der Waals surface area contributed by atoms with E-state index in [2.05, 4.69) is 34.3 Å². The van der Waals surface area contributed by atoms with Crippen molar-refractivity contribution in [1.29, 1.82) is 0 Å². The molecule has 2 N–H and O–H groups in total. The molecule has 7 nitrogen and oxygen atoms in total. The Hall–Kier alpha value is -1.83. The Morgan fingerprint density at radius 3 is 2.41 bits per heavy atom. The highest BCUT2D eigenvalue weighted by atomic mass is 16.5. The SMILES string of the molecule is COc1ccc(C(CNC(=O)NCC(C)(C)N2CCOCC2)N(C)C)cc1. The molecule has 1 heterocycles. The maximum absolute atomic E-state index is 12.3. The fraction of sp³-hybridized carbons (Fsp3) is 0.650. The van der Waals surface area contributed by atoms with E-state index in [4.69, 9.17) is 9.47 Å². The van der Waals surface area contributed by atoms with Crippen LogP contribution in [0.2, 0.25) is 0 Å². The van der Waals surface area contributed by atoms with Crippen molar-refractivity contribution in [3.05, 3.63) is 29.8 Å². The van der Waals surface area contributed by atoms with Gasteiger partial charge in [0, 0.05) is 31.7 Å². The minimum atomic E-state index is -0.142. The van der Waals surface area contributed by atoms with E-state index in [1.54, 1.807) is 7.11 Å². The van der Waals surface area contributed by atoms with Gasteiger partial charge in [-0.25, -0.2) is 4.79 Å². The number of hydrogen-bond donors (Lipinski definition) is 2. The predicted molar refractivity (Wildman–Crippen MR) is 107 cm³/mol. The summed E-state index contributed by atoms with van der Waals surface area (Å²) in [5.41, 5.74) is 1.03. The summed E-state index contributed by atoms with van der Waals surface area (Å²) >= 11 is 0. The van der Waals surface area contributed by atoms with Crippen molar-refractivity contribution in [3.8, 4) is 5.75 Å². The van der Waals surface area contributed by atoms with Crippen molar-refractivity contribution in [1.82, 2.24) is 20.4 Å². The van der Waals surface area contributed by atoms with Crippen molar-refractivity contribution in [2.45, 2.75) is 25.4 Å². The highest BCUT2D eigenvalue weighted by Gasteiger charge is 2.28. The van der Waals surface area contributed by atoms with Crippen LogP contribution in [0.5, 0.6) is 5.75 Å². The van der Waals surface area contributed by atoms with Gasteiger partial charge in [0.1, 0.15) is 5.75 Å². The standard InChI is InChI=1S/C20H34N4O3/c1-20(2,24-10-12-27-13-11-24)15-22-19(25)21-14-18(23(3)4)16-6-8-17(26-5)9-7-16/h6-9,18H,10-15H2,1-5H3,(H2,21,22,25). The molecule has 1 fully saturated rings. The zero-order valence-electron chi connectivity index (χ0n) is 17.2. The smallest absolute Gasteiger partial charge is 0.314 e. The molecule has 1 aromatic rings. The highest BCUT2D eigenvalue weighted by Crippen LogP contribution is 2.20. The van der Waals surface area contributed by atoms with Gasteiger partial charge in [-0.05, 0) is 45.6 Å². The molecule has 0 bridgehead atoms. The predicted octanol–water partition coefficient (Wildman–Crippen LogP) is 1.71. The maximum Gasteiger partial charge on any atom is 0.314 e. The van der Waals surface area contributed by atoms with E-state index < -0.39 is 0 Å². The first-order valence-corrected chi connectivity index (χ1v) is 9.48. The number of methoxy groups -OCH3 is 1. The van der Waals surface area contributed by atoms with Gasteiger partial charge < -0.3 is 25.0 Å². The van der Waals surface area contributed by atoms with Crippen molar-refractivity contribution in [2.24, 2.45) is 0 Å². The number of rotatable bonds is 8. The van der Waals surface area contributed by atoms with Crippen molar-refractivity contribution in [3.63, 3.8) is 0 Å². The minimum Gasteiger partial charge on any atom is -0.497 e. The number of urea groups is 1. The lowest BCUT2D eigenvalue weighted by atomic mass is 10.0. The number of hydrogen-bond acceptors (Lipinski definition) is 5. The lowest BCUT2D eigenvalue weighted by Crippen LogP contribution is -2.56. The van der Waals surface area contributed by atoms with Gasteiger partial charge in [0.15, 0.2) is 0 Å². The van der Waals surface area contributed by atoms with Crippen LogP contribution in [0.4, 0.5) is 4.79 Å². The Bertz CT molecular complexity index is 583. The van der Waals surface area contributed by atoms with Gasteiger partial charge in [-0.1, -0.05) is 12.1 Å². The maximum atomic E-state index is 12.3. The first-order valence-electron chi connectivity index (χ1n) is 9.48. The average molecular weight is 379 g/mol. The number of nitrogens with zero attached hydrogens (tertiary/aromatic N) is 2. The Morgan fingerprint density at radius 2 is 1.85 bits per heavy atom. The van der Waals surface area contributed by atoms with E-state index in [9.17, 15) is 4.79 Å². The third kappa shape index (κ3) is 6.37. The van der Waals surface area contributed by atoms with Crippen LogP contribution in [0.3, 0.4) is 0 Å². The molecule has 27 heavy (non-hydrogen) atoms. The first-order chi connectivity index (χ1) is 12.8. The first kappa shape index (κ1) is 21.5. The van der Waals surface area contributed by atoms with Gasteiger partial charge in [0.25, 0.3) is 0 Å². The second kappa shape index (κ2) is 9.92. The largest absolute Gasteiger partial charge is 0.497 e. The lowest BCUT2D eigenvalue weighted by Gasteiger charge is -2.40. The fourth-order valence-electron chi connectivity index (χ4n) is 3.25. The van der Waals surface area contributed by atoms with Crippen LogP contribution in [0.1, 0.15) is 25.5 Å². The molecule has 1 aliphatic heterocycles. The van der Waals surface area contributed by atoms with E-state index >= 15 is 0 Å². The molecule has 152 valence electrons. The summed E-state index contributed by atoms with van der Waals surface area (Å²) in [7, 11) is 5.68. The summed E-state index contributed by atoms with van der Waals surface area (Å²) in [5.74, 6) is 0.826. The lowest BCUT2D eigenvalue weighted by molar-refractivity contribution is -0.00875. The summed E-state index contributed by atoms with van der Waals surface area (Å²) in [6.07, 6.45) is 0. The number of benzene rings is 1. The number of likely N-dealkylation sites (N-methyl/N-ethyl adjacent to an activating group) is 1. The Morgan fingerprint density at radius 1 is 1.22 bits per heavy atom. The van der Waals surface area contributed by atoms with E-state index in [0.717, 1.165) is 37.6 Å². The molecule has 2 rings (SSSR count). The van der Waals surface area contributed by atoms with Crippen LogP contribution < -0.4 is 15.4 Å². The summed E-state index contributed by atoms with van der Waals surface area (Å²) in [5, 5.41) is 6.01. The summed E-state index contributed by atoms with van der Waals surface area (Å²) in [4.78, 5) is 16.8. The van der Waals surface area contributed by atoms with Gasteiger partial charge >= 0.3 is 6.03 Å².